The van der Waals surface area contributed by atoms with Gasteiger partial charge < -0.3 is 5.32 Å². The topological polar surface area (TPSA) is 66.9 Å². The standard InChI is InChI=1S/C19H17ClFN3O2/c1-12-17(9-10-18(25)22-15-4-2-3-13(20)11-15)19(26)24(23-12)16-7-5-14(21)6-8-16/h2-8,11,23H,9-10H2,1H3,(H,22,25). The number of aromatic nitrogens is 2. The monoisotopic (exact) mass is 373 g/mol. The van der Waals surface area contributed by atoms with Crippen LogP contribution in [0.1, 0.15) is 17.7 Å². The van der Waals surface area contributed by atoms with Crippen LogP contribution in [0.15, 0.2) is 53.3 Å². The Bertz CT molecular complexity index is 993. The summed E-state index contributed by atoms with van der Waals surface area (Å²) in [6.07, 6.45) is 0.450. The van der Waals surface area contributed by atoms with E-state index in [1.807, 2.05) is 0 Å². The molecule has 1 amide bonds. The predicted octanol–water partition coefficient (Wildman–Crippen LogP) is 3.84. The zero-order valence-electron chi connectivity index (χ0n) is 14.1. The average Bonchev–Trinajstić information content (AvgIpc) is 2.88. The Kier molecular flexibility index (Phi) is 5.23. The van der Waals surface area contributed by atoms with Crippen LogP contribution >= 0.6 is 11.6 Å². The highest BCUT2D eigenvalue weighted by Crippen LogP contribution is 2.15. The van der Waals surface area contributed by atoms with Crippen molar-refractivity contribution >= 4 is 23.2 Å². The fourth-order valence-corrected chi connectivity index (χ4v) is 2.87. The third-order valence-corrected chi connectivity index (χ3v) is 4.22. The van der Waals surface area contributed by atoms with E-state index in [-0.39, 0.29) is 23.7 Å². The Balaban J connectivity index is 1.71. The first-order valence-corrected chi connectivity index (χ1v) is 8.43. The van der Waals surface area contributed by atoms with Gasteiger partial charge in [0, 0.05) is 28.4 Å². The molecule has 5 nitrogen and oxygen atoms in total. The number of aryl methyl sites for hydroxylation is 1. The quantitative estimate of drug-likeness (QED) is 0.713. The third-order valence-electron chi connectivity index (χ3n) is 3.99. The number of aromatic amines is 1. The minimum Gasteiger partial charge on any atom is -0.326 e. The van der Waals surface area contributed by atoms with E-state index in [4.69, 9.17) is 11.6 Å². The number of halogens is 2. The molecule has 1 aromatic heterocycles. The molecule has 0 atom stereocenters. The molecule has 0 aliphatic heterocycles. The van der Waals surface area contributed by atoms with E-state index in [1.165, 1.54) is 28.9 Å². The van der Waals surface area contributed by atoms with Crippen LogP contribution in [-0.4, -0.2) is 15.7 Å². The van der Waals surface area contributed by atoms with Crippen LogP contribution in [0.2, 0.25) is 5.02 Å². The van der Waals surface area contributed by atoms with Gasteiger partial charge in [0.15, 0.2) is 0 Å². The number of nitrogens with one attached hydrogen (secondary N) is 2. The van der Waals surface area contributed by atoms with E-state index in [9.17, 15) is 14.0 Å². The van der Waals surface area contributed by atoms with Crippen molar-refractivity contribution in [2.45, 2.75) is 19.8 Å². The van der Waals surface area contributed by atoms with Gasteiger partial charge in [-0.25, -0.2) is 9.07 Å². The van der Waals surface area contributed by atoms with Crippen LogP contribution in [0, 0.1) is 12.7 Å². The zero-order valence-corrected chi connectivity index (χ0v) is 14.8. The first-order valence-electron chi connectivity index (χ1n) is 8.06. The predicted molar refractivity (Wildman–Crippen MR) is 99.5 cm³/mol. The average molecular weight is 374 g/mol. The van der Waals surface area contributed by atoms with Crippen LogP contribution in [-0.2, 0) is 11.2 Å². The van der Waals surface area contributed by atoms with Crippen LogP contribution in [0.5, 0.6) is 0 Å². The van der Waals surface area contributed by atoms with Gasteiger partial charge in [-0.05, 0) is 55.8 Å². The minimum atomic E-state index is -0.372. The van der Waals surface area contributed by atoms with Gasteiger partial charge in [-0.3, -0.25) is 14.7 Å². The summed E-state index contributed by atoms with van der Waals surface area (Å²) in [6.45, 7) is 1.77. The summed E-state index contributed by atoms with van der Waals surface area (Å²) in [7, 11) is 0. The molecule has 0 bridgehead atoms. The summed E-state index contributed by atoms with van der Waals surface area (Å²) in [5.41, 5.74) is 2.10. The van der Waals surface area contributed by atoms with Gasteiger partial charge >= 0.3 is 0 Å². The molecule has 2 aromatic carbocycles. The van der Waals surface area contributed by atoms with Gasteiger partial charge in [0.25, 0.3) is 5.56 Å². The highest BCUT2D eigenvalue weighted by molar-refractivity contribution is 6.30. The lowest BCUT2D eigenvalue weighted by atomic mass is 10.1. The molecule has 0 saturated carbocycles. The van der Waals surface area contributed by atoms with Crippen LogP contribution < -0.4 is 10.9 Å². The summed E-state index contributed by atoms with van der Waals surface area (Å²) < 4.78 is 14.4. The van der Waals surface area contributed by atoms with Gasteiger partial charge in [-0.15, -0.1) is 0 Å². The van der Waals surface area contributed by atoms with Gasteiger partial charge in [0.1, 0.15) is 5.82 Å². The highest BCUT2D eigenvalue weighted by Gasteiger charge is 2.14. The maximum atomic E-state index is 13.1. The molecular formula is C19H17ClFN3O2. The zero-order chi connectivity index (χ0) is 18.7. The molecular weight excluding hydrogens is 357 g/mol. The number of carbonyl (C=O) groups is 1. The van der Waals surface area contributed by atoms with Crippen molar-refractivity contribution < 1.29 is 9.18 Å². The maximum Gasteiger partial charge on any atom is 0.274 e. The van der Waals surface area contributed by atoms with Crippen molar-refractivity contribution in [3.8, 4) is 5.69 Å². The van der Waals surface area contributed by atoms with E-state index in [0.717, 1.165) is 0 Å². The van der Waals surface area contributed by atoms with Crippen LogP contribution in [0.3, 0.4) is 0 Å². The van der Waals surface area contributed by atoms with Crippen molar-refractivity contribution in [1.29, 1.82) is 0 Å². The van der Waals surface area contributed by atoms with E-state index in [1.54, 1.807) is 31.2 Å². The smallest absolute Gasteiger partial charge is 0.274 e. The molecule has 0 unspecified atom stereocenters. The second kappa shape index (κ2) is 7.58. The largest absolute Gasteiger partial charge is 0.326 e. The Morgan fingerprint density at radius 2 is 1.96 bits per heavy atom. The first kappa shape index (κ1) is 17.9. The third kappa shape index (κ3) is 4.03. The van der Waals surface area contributed by atoms with Crippen LogP contribution in [0.25, 0.3) is 5.69 Å². The van der Waals surface area contributed by atoms with Crippen molar-refractivity contribution in [1.82, 2.24) is 9.78 Å². The summed E-state index contributed by atoms with van der Waals surface area (Å²) in [6, 6.07) is 12.5. The van der Waals surface area contributed by atoms with E-state index < -0.39 is 0 Å². The molecule has 1 heterocycles. The summed E-state index contributed by atoms with van der Waals surface area (Å²) >= 11 is 5.89. The highest BCUT2D eigenvalue weighted by atomic mass is 35.5. The molecule has 0 fully saturated rings. The molecule has 3 rings (SSSR count). The Morgan fingerprint density at radius 1 is 1.23 bits per heavy atom. The molecule has 0 saturated heterocycles. The lowest BCUT2D eigenvalue weighted by Crippen LogP contribution is -2.19. The van der Waals surface area contributed by atoms with E-state index >= 15 is 0 Å². The summed E-state index contributed by atoms with van der Waals surface area (Å²) in [5, 5.41) is 6.25. The number of hydrogen-bond donors (Lipinski definition) is 2. The molecule has 0 radical (unpaired) electrons. The molecule has 0 spiro atoms. The van der Waals surface area contributed by atoms with E-state index in [0.29, 0.717) is 34.1 Å². The number of H-pyrrole nitrogens is 1. The normalized spacial score (nSPS) is 10.7. The van der Waals surface area contributed by atoms with Crippen molar-refractivity contribution in [2.75, 3.05) is 5.32 Å². The molecule has 0 aliphatic carbocycles. The SMILES string of the molecule is Cc1[nH]n(-c2ccc(F)cc2)c(=O)c1CCC(=O)Nc1cccc(Cl)c1. The van der Waals surface area contributed by atoms with Crippen LogP contribution in [0.4, 0.5) is 10.1 Å². The maximum absolute atomic E-state index is 13.1. The van der Waals surface area contributed by atoms with Crippen molar-refractivity contribution in [2.24, 2.45) is 0 Å². The number of nitrogens with zero attached hydrogens (tertiary/aromatic N) is 1. The second-order valence-electron chi connectivity index (χ2n) is 5.89. The summed E-state index contributed by atoms with van der Waals surface area (Å²) in [4.78, 5) is 24.7. The first-order chi connectivity index (χ1) is 12.4. The minimum absolute atomic E-state index is 0.157. The summed E-state index contributed by atoms with van der Waals surface area (Å²) in [5.74, 6) is -0.580. The lowest BCUT2D eigenvalue weighted by molar-refractivity contribution is -0.116. The molecule has 0 aliphatic rings. The Morgan fingerprint density at radius 3 is 2.65 bits per heavy atom. The van der Waals surface area contributed by atoms with Gasteiger partial charge in [-0.1, -0.05) is 17.7 Å². The second-order valence-corrected chi connectivity index (χ2v) is 6.33. The number of hydrogen-bond acceptors (Lipinski definition) is 2. The number of amides is 1. The van der Waals surface area contributed by atoms with Crippen molar-refractivity contribution in [3.05, 3.63) is 81.0 Å². The molecule has 26 heavy (non-hydrogen) atoms. The Hall–Kier alpha value is -2.86. The number of anilines is 1. The van der Waals surface area contributed by atoms with Gasteiger partial charge in [-0.2, -0.15) is 0 Å². The van der Waals surface area contributed by atoms with Crippen molar-refractivity contribution in [3.63, 3.8) is 0 Å². The molecule has 134 valence electrons. The fraction of sp³-hybridized carbons (Fsp3) is 0.158. The molecule has 2 N–H and O–H groups in total. The van der Waals surface area contributed by atoms with E-state index in [2.05, 4.69) is 10.4 Å². The number of rotatable bonds is 5. The lowest BCUT2D eigenvalue weighted by Gasteiger charge is -2.05. The number of benzene rings is 2. The molecule has 7 heteroatoms. The van der Waals surface area contributed by atoms with Gasteiger partial charge in [0.05, 0.1) is 5.69 Å². The fourth-order valence-electron chi connectivity index (χ4n) is 2.68. The molecule has 3 aromatic rings. The number of carbonyl (C=O) groups excluding carboxylic acids is 1. The van der Waals surface area contributed by atoms with Gasteiger partial charge in [0.2, 0.25) is 5.91 Å². The Labute approximate surface area is 154 Å².